The number of nitrogens with zero attached hydrogens (tertiary/aromatic N) is 9. The van der Waals surface area contributed by atoms with E-state index in [0.29, 0.717) is 5.56 Å². The van der Waals surface area contributed by atoms with E-state index >= 15 is 0 Å². The zero-order valence-electron chi connectivity index (χ0n) is 47.5. The zero-order valence-corrected chi connectivity index (χ0v) is 47.5. The molecule has 8 aromatic heterocycles. The summed E-state index contributed by atoms with van der Waals surface area (Å²) >= 11 is 0. The summed E-state index contributed by atoms with van der Waals surface area (Å²) < 4.78 is 9.77. The molecule has 17 rings (SSSR count). The van der Waals surface area contributed by atoms with Gasteiger partial charge in [-0.25, -0.2) is 0 Å². The number of aromatic nitrogens is 8. The van der Waals surface area contributed by atoms with Crippen LogP contribution in [-0.4, -0.2) is 38.2 Å². The van der Waals surface area contributed by atoms with Crippen molar-refractivity contribution in [2.24, 2.45) is 0 Å². The number of hydrogen-bond acceptors (Lipinski definition) is 5. The first-order valence-electron chi connectivity index (χ1n) is 29.4. The molecular weight excluding hydrogens is 1060 g/mol. The van der Waals surface area contributed by atoms with E-state index in [1.165, 1.54) is 0 Å². The highest BCUT2D eigenvalue weighted by Crippen LogP contribution is 2.51. The van der Waals surface area contributed by atoms with Crippen LogP contribution in [0.15, 0.2) is 268 Å². The molecular formula is C78H51N9. The summed E-state index contributed by atoms with van der Waals surface area (Å²) in [5.74, 6) is -0.166. The second-order valence-corrected chi connectivity index (χ2v) is 22.7. The Kier molecular flexibility index (Phi) is 11.3. The second kappa shape index (κ2) is 19.7. The van der Waals surface area contributed by atoms with Gasteiger partial charge in [-0.15, -0.1) is 0 Å². The lowest BCUT2D eigenvalue weighted by Crippen LogP contribution is -2.18. The number of nitriles is 1. The summed E-state index contributed by atoms with van der Waals surface area (Å²) in [4.78, 5) is 17.6. The van der Waals surface area contributed by atoms with Gasteiger partial charge in [0.05, 0.1) is 66.9 Å². The van der Waals surface area contributed by atoms with Crippen molar-refractivity contribution in [3.05, 3.63) is 279 Å². The van der Waals surface area contributed by atoms with E-state index in [1.54, 1.807) is 0 Å². The Labute approximate surface area is 500 Å². The van der Waals surface area contributed by atoms with Gasteiger partial charge in [0.2, 0.25) is 0 Å². The molecule has 0 spiro atoms. The van der Waals surface area contributed by atoms with Gasteiger partial charge in [0, 0.05) is 98.2 Å². The molecule has 0 aliphatic carbocycles. The van der Waals surface area contributed by atoms with Crippen molar-refractivity contribution in [3.8, 4) is 73.3 Å². The Hall–Kier alpha value is -11.7. The van der Waals surface area contributed by atoms with Gasteiger partial charge in [0.25, 0.3) is 0 Å². The molecule has 0 amide bonds. The molecule has 9 aromatic carbocycles. The Bertz CT molecular complexity index is 5030. The number of para-hydroxylation sites is 4. The smallest absolute Gasteiger partial charge is 0.104 e. The van der Waals surface area contributed by atoms with Crippen molar-refractivity contribution in [2.45, 2.75) is 19.8 Å². The molecule has 0 bridgehead atoms. The highest BCUT2D eigenvalue weighted by molar-refractivity contribution is 6.17. The van der Waals surface area contributed by atoms with Crippen molar-refractivity contribution in [1.29, 1.82) is 5.26 Å². The number of pyridine rings is 4. The summed E-state index contributed by atoms with van der Waals surface area (Å²) in [6.45, 7) is 4.65. The third-order valence-corrected chi connectivity index (χ3v) is 17.8. The van der Waals surface area contributed by atoms with E-state index in [0.717, 1.165) is 160 Å². The number of hydrogen-bond donors (Lipinski definition) is 0. The van der Waals surface area contributed by atoms with Crippen LogP contribution in [0.5, 0.6) is 0 Å². The average molecular weight is 1110 g/mol. The normalized spacial score (nSPS) is 11.9. The van der Waals surface area contributed by atoms with E-state index in [9.17, 15) is 5.26 Å². The molecule has 8 heterocycles. The van der Waals surface area contributed by atoms with E-state index in [2.05, 4.69) is 277 Å². The first kappa shape index (κ1) is 49.8. The number of fused-ring (bicyclic) bond motifs is 12. The van der Waals surface area contributed by atoms with Crippen LogP contribution in [-0.2, 0) is 0 Å². The van der Waals surface area contributed by atoms with E-state index in [-0.39, 0.29) is 5.92 Å². The van der Waals surface area contributed by atoms with Gasteiger partial charge in [0.1, 0.15) is 11.6 Å². The molecule has 0 atom stereocenters. The minimum absolute atomic E-state index is 0.166. The predicted molar refractivity (Wildman–Crippen MR) is 356 cm³/mol. The van der Waals surface area contributed by atoms with Gasteiger partial charge in [0.15, 0.2) is 0 Å². The molecule has 0 N–H and O–H groups in total. The molecule has 17 aromatic rings. The van der Waals surface area contributed by atoms with Crippen LogP contribution >= 0.6 is 0 Å². The van der Waals surface area contributed by atoms with E-state index in [4.69, 9.17) is 0 Å². The molecule has 0 unspecified atom stereocenters. The quantitative estimate of drug-likeness (QED) is 0.143. The second-order valence-electron chi connectivity index (χ2n) is 22.7. The standard InChI is InChI=1S/C78H51N9/c1-48(2)74-77(86-70-23-19-53(49-27-35-80-36-28-49)43-61(70)62-44-54(20-24-71(62)86)50-29-37-81-38-30-50)75(84-66-15-7-3-11-57(66)58-12-4-8-16-67(58)84)65(47-79)76(85-68-17-9-5-13-59(68)60-14-6-10-18-69(60)85)78(74)87-72-25-21-55(51-31-39-82-40-32-51)45-63(72)64-46-56(22-26-73(64)87)52-33-41-83-42-34-52/h3-46,48H,1-2H3. The molecule has 0 aliphatic heterocycles. The maximum absolute atomic E-state index is 13.0. The fourth-order valence-electron chi connectivity index (χ4n) is 14.0. The van der Waals surface area contributed by atoms with Crippen LogP contribution in [0.2, 0.25) is 0 Å². The Morgan fingerprint density at radius 2 is 0.517 bits per heavy atom. The topological polar surface area (TPSA) is 95.1 Å². The van der Waals surface area contributed by atoms with Crippen molar-refractivity contribution >= 4 is 87.2 Å². The first-order valence-corrected chi connectivity index (χ1v) is 29.4. The Balaban J connectivity index is 1.14. The summed E-state index contributed by atoms with van der Waals surface area (Å²) in [7, 11) is 0. The highest BCUT2D eigenvalue weighted by atomic mass is 15.1. The molecule has 408 valence electrons. The van der Waals surface area contributed by atoms with Crippen LogP contribution in [0, 0.1) is 11.3 Å². The summed E-state index contributed by atoms with van der Waals surface area (Å²) in [6.07, 6.45) is 14.9. The Morgan fingerprint density at radius 3 is 0.770 bits per heavy atom. The summed E-state index contributed by atoms with van der Waals surface area (Å²) in [5.41, 5.74) is 21.6. The predicted octanol–water partition coefficient (Wildman–Crippen LogP) is 19.3. The monoisotopic (exact) mass is 1110 g/mol. The molecule has 0 fully saturated rings. The molecule has 0 saturated heterocycles. The fraction of sp³-hybridized carbons (Fsp3) is 0.0385. The summed E-state index contributed by atoms with van der Waals surface area (Å²) in [6, 6.07) is 81.8. The fourth-order valence-corrected chi connectivity index (χ4v) is 14.0. The molecule has 0 aliphatic rings. The van der Waals surface area contributed by atoms with Crippen molar-refractivity contribution in [2.75, 3.05) is 0 Å². The third kappa shape index (κ3) is 7.58. The SMILES string of the molecule is CC(C)c1c(-n2c3ccc(-c4ccncc4)cc3c3cc(-c4ccncc4)ccc32)c(-n2c3ccccc3c3ccccc32)c(C#N)c(-n2c3ccccc3c3ccccc32)c1-n1c2ccc(-c3ccncc3)cc2c2cc(-c3ccncc3)ccc21. The lowest BCUT2D eigenvalue weighted by atomic mass is 9.91. The van der Waals surface area contributed by atoms with Crippen LogP contribution in [0.3, 0.4) is 0 Å². The van der Waals surface area contributed by atoms with Gasteiger partial charge in [-0.1, -0.05) is 111 Å². The van der Waals surface area contributed by atoms with Gasteiger partial charge in [-0.2, -0.15) is 5.26 Å². The van der Waals surface area contributed by atoms with Gasteiger partial charge in [-0.3, -0.25) is 19.9 Å². The van der Waals surface area contributed by atoms with Gasteiger partial charge in [-0.05, 0) is 172 Å². The lowest BCUT2D eigenvalue weighted by molar-refractivity contribution is 0.833. The van der Waals surface area contributed by atoms with E-state index in [1.807, 2.05) is 49.6 Å². The molecule has 0 radical (unpaired) electrons. The first-order chi connectivity index (χ1) is 43.0. The van der Waals surface area contributed by atoms with Gasteiger partial charge < -0.3 is 18.3 Å². The van der Waals surface area contributed by atoms with Crippen LogP contribution in [0.1, 0.15) is 30.9 Å². The third-order valence-electron chi connectivity index (χ3n) is 17.8. The van der Waals surface area contributed by atoms with Crippen molar-refractivity contribution in [1.82, 2.24) is 38.2 Å². The van der Waals surface area contributed by atoms with Crippen molar-refractivity contribution < 1.29 is 0 Å². The van der Waals surface area contributed by atoms with Crippen LogP contribution in [0.25, 0.3) is 154 Å². The van der Waals surface area contributed by atoms with Gasteiger partial charge >= 0.3 is 0 Å². The molecule has 87 heavy (non-hydrogen) atoms. The minimum atomic E-state index is -0.166. The number of rotatable bonds is 9. The Morgan fingerprint density at radius 1 is 0.276 bits per heavy atom. The summed E-state index contributed by atoms with van der Waals surface area (Å²) in [5, 5.41) is 21.7. The van der Waals surface area contributed by atoms with Crippen LogP contribution < -0.4 is 0 Å². The maximum atomic E-state index is 13.0. The largest absolute Gasteiger partial charge is 0.307 e. The highest BCUT2D eigenvalue weighted by Gasteiger charge is 2.35. The number of benzene rings is 9. The lowest BCUT2D eigenvalue weighted by Gasteiger charge is -2.30. The van der Waals surface area contributed by atoms with E-state index < -0.39 is 0 Å². The minimum Gasteiger partial charge on any atom is -0.307 e. The zero-order chi connectivity index (χ0) is 57.9. The molecule has 9 nitrogen and oxygen atoms in total. The van der Waals surface area contributed by atoms with Crippen molar-refractivity contribution in [3.63, 3.8) is 0 Å². The average Bonchev–Trinajstić information content (AvgIpc) is 1.63. The molecule has 9 heteroatoms. The van der Waals surface area contributed by atoms with Crippen LogP contribution in [0.4, 0.5) is 0 Å². The molecule has 0 saturated carbocycles. The maximum Gasteiger partial charge on any atom is 0.104 e.